The Bertz CT molecular complexity index is 48.2. The van der Waals surface area contributed by atoms with Crippen LogP contribution >= 0.6 is 0 Å². The van der Waals surface area contributed by atoms with Crippen LogP contribution in [0.2, 0.25) is 0 Å². The van der Waals surface area contributed by atoms with Gasteiger partial charge in [0.05, 0.1) is 0 Å². The van der Waals surface area contributed by atoms with Gasteiger partial charge in [-0.25, -0.2) is 0 Å². The van der Waals surface area contributed by atoms with Gasteiger partial charge in [-0.05, 0) is 6.42 Å². The number of carbonyl (C=O) groups is 1. The van der Waals surface area contributed by atoms with E-state index in [0.717, 1.165) is 0 Å². The maximum Gasteiger partial charge on any atom is 2.00 e. The van der Waals surface area contributed by atoms with Gasteiger partial charge < -0.3 is 26.9 Å². The molecule has 0 heterocycles. The minimum atomic E-state index is -0.995. The standard InChI is InChI=1S/C3H6O2.BrH.Mg/c1-2-3(4)5;;/h2H2,1H3,(H,4,5);1H;/q;;+2/p-2. The van der Waals surface area contributed by atoms with Crippen molar-refractivity contribution in [2.75, 3.05) is 0 Å². The van der Waals surface area contributed by atoms with Gasteiger partial charge in [-0.2, -0.15) is 0 Å². The Hall–Kier alpha value is 0.716. The van der Waals surface area contributed by atoms with Crippen LogP contribution < -0.4 is 22.1 Å². The van der Waals surface area contributed by atoms with Crippen LogP contribution in [0.15, 0.2) is 0 Å². The summed E-state index contributed by atoms with van der Waals surface area (Å²) in [6.07, 6.45) is 0.111. The van der Waals surface area contributed by atoms with E-state index in [1.807, 2.05) is 0 Å². The predicted octanol–water partition coefficient (Wildman–Crippen LogP) is -4.23. The van der Waals surface area contributed by atoms with E-state index in [0.29, 0.717) is 0 Å². The van der Waals surface area contributed by atoms with E-state index >= 15 is 0 Å². The van der Waals surface area contributed by atoms with Crippen molar-refractivity contribution in [2.45, 2.75) is 13.3 Å². The summed E-state index contributed by atoms with van der Waals surface area (Å²) in [6.45, 7) is 1.54. The third kappa shape index (κ3) is 20.2. The van der Waals surface area contributed by atoms with Gasteiger partial charge in [-0.1, -0.05) is 6.92 Å². The average molecular weight is 177 g/mol. The fraction of sp³-hybridized carbons (Fsp3) is 0.667. The third-order valence-corrected chi connectivity index (χ3v) is 0.289. The molecule has 0 aromatic carbocycles. The normalized spacial score (nSPS) is 5.29. The largest absolute Gasteiger partial charge is 2.00 e. The van der Waals surface area contributed by atoms with Crippen LogP contribution in [0.3, 0.4) is 0 Å². The Morgan fingerprint density at radius 2 is 1.86 bits per heavy atom. The van der Waals surface area contributed by atoms with Crippen LogP contribution in [0, 0.1) is 0 Å². The van der Waals surface area contributed by atoms with Gasteiger partial charge in [0.15, 0.2) is 0 Å². The van der Waals surface area contributed by atoms with Crippen LogP contribution in [0.5, 0.6) is 0 Å². The van der Waals surface area contributed by atoms with Crippen molar-refractivity contribution in [3.8, 4) is 0 Å². The van der Waals surface area contributed by atoms with E-state index in [9.17, 15) is 9.90 Å². The molecule has 0 atom stereocenters. The molecule has 0 unspecified atom stereocenters. The molecular weight excluding hydrogens is 172 g/mol. The minimum Gasteiger partial charge on any atom is -1.00 e. The Kier molecular flexibility index (Phi) is 22.1. The molecule has 38 valence electrons. The summed E-state index contributed by atoms with van der Waals surface area (Å²) in [6, 6.07) is 0. The molecule has 0 saturated heterocycles. The fourth-order valence-electron chi connectivity index (χ4n) is 0. The van der Waals surface area contributed by atoms with E-state index in [1.165, 1.54) is 6.92 Å². The zero-order valence-electron chi connectivity index (χ0n) is 4.11. The van der Waals surface area contributed by atoms with Crippen LogP contribution in [-0.2, 0) is 4.79 Å². The topological polar surface area (TPSA) is 40.1 Å². The minimum absolute atomic E-state index is 0. The molecule has 0 aromatic heterocycles. The summed E-state index contributed by atoms with van der Waals surface area (Å²) in [5.74, 6) is -0.995. The first-order chi connectivity index (χ1) is 2.27. The van der Waals surface area contributed by atoms with Gasteiger partial charge in [0.2, 0.25) is 0 Å². The molecule has 7 heavy (non-hydrogen) atoms. The maximum absolute atomic E-state index is 9.26. The molecule has 0 spiro atoms. The Balaban J connectivity index is -0.0000000800. The Labute approximate surface area is 69.2 Å². The molecule has 0 saturated carbocycles. The molecule has 0 aliphatic carbocycles. The van der Waals surface area contributed by atoms with Crippen molar-refractivity contribution in [2.24, 2.45) is 0 Å². The smallest absolute Gasteiger partial charge is 1.00 e. The van der Waals surface area contributed by atoms with Crippen molar-refractivity contribution < 1.29 is 26.9 Å². The second kappa shape index (κ2) is 9.87. The molecule has 0 N–H and O–H groups in total. The van der Waals surface area contributed by atoms with E-state index in [4.69, 9.17) is 0 Å². The number of carboxylic acid groups (broad SMARTS) is 1. The zero-order valence-corrected chi connectivity index (χ0v) is 7.11. The number of hydrogen-bond donors (Lipinski definition) is 0. The van der Waals surface area contributed by atoms with E-state index < -0.39 is 5.97 Å². The van der Waals surface area contributed by atoms with E-state index in [2.05, 4.69) is 0 Å². The first-order valence-electron chi connectivity index (χ1n) is 1.47. The second-order valence-corrected chi connectivity index (χ2v) is 0.726. The van der Waals surface area contributed by atoms with Crippen LogP contribution in [0.25, 0.3) is 0 Å². The van der Waals surface area contributed by atoms with Gasteiger partial charge in [0.25, 0.3) is 0 Å². The molecular formula is C3H5BrMgO2. The third-order valence-electron chi connectivity index (χ3n) is 0.289. The Morgan fingerprint density at radius 1 is 1.71 bits per heavy atom. The van der Waals surface area contributed by atoms with Crippen LogP contribution in [0.4, 0.5) is 0 Å². The monoisotopic (exact) mass is 176 g/mol. The van der Waals surface area contributed by atoms with Crippen LogP contribution in [-0.4, -0.2) is 29.0 Å². The summed E-state index contributed by atoms with van der Waals surface area (Å²) < 4.78 is 0. The number of halogens is 1. The summed E-state index contributed by atoms with van der Waals surface area (Å²) in [4.78, 5) is 9.26. The van der Waals surface area contributed by atoms with Crippen LogP contribution in [0.1, 0.15) is 13.3 Å². The van der Waals surface area contributed by atoms with Gasteiger partial charge in [0.1, 0.15) is 0 Å². The first kappa shape index (κ1) is 15.6. The Morgan fingerprint density at radius 3 is 1.86 bits per heavy atom. The molecule has 4 heteroatoms. The molecule has 0 fully saturated rings. The first-order valence-corrected chi connectivity index (χ1v) is 1.47. The molecule has 0 rings (SSSR count). The second-order valence-electron chi connectivity index (χ2n) is 0.726. The summed E-state index contributed by atoms with van der Waals surface area (Å²) in [7, 11) is 0. The molecule has 0 aliphatic rings. The number of aliphatic carboxylic acids is 1. The van der Waals surface area contributed by atoms with Gasteiger partial charge >= 0.3 is 23.1 Å². The van der Waals surface area contributed by atoms with Crippen molar-refractivity contribution in [3.05, 3.63) is 0 Å². The van der Waals surface area contributed by atoms with Crippen molar-refractivity contribution in [1.82, 2.24) is 0 Å². The SMILES string of the molecule is CCC(=O)[O-].[Br-].[Mg+2]. The molecule has 0 bridgehead atoms. The number of hydrogen-bond acceptors (Lipinski definition) is 2. The summed E-state index contributed by atoms with van der Waals surface area (Å²) >= 11 is 0. The number of rotatable bonds is 1. The fourth-order valence-corrected chi connectivity index (χ4v) is 0. The number of carbonyl (C=O) groups excluding carboxylic acids is 1. The van der Waals surface area contributed by atoms with Gasteiger partial charge in [-0.15, -0.1) is 0 Å². The van der Waals surface area contributed by atoms with Crippen molar-refractivity contribution in [3.63, 3.8) is 0 Å². The maximum atomic E-state index is 9.26. The number of carboxylic acids is 1. The van der Waals surface area contributed by atoms with E-state index in [-0.39, 0.29) is 46.5 Å². The summed E-state index contributed by atoms with van der Waals surface area (Å²) in [5, 5.41) is 9.26. The van der Waals surface area contributed by atoms with Crippen molar-refractivity contribution in [1.29, 1.82) is 0 Å². The zero-order chi connectivity index (χ0) is 4.28. The van der Waals surface area contributed by atoms with Gasteiger partial charge in [-0.3, -0.25) is 0 Å². The quantitative estimate of drug-likeness (QED) is 0.381. The predicted molar refractivity (Wildman–Crippen MR) is 21.1 cm³/mol. The van der Waals surface area contributed by atoms with E-state index in [1.54, 1.807) is 0 Å². The molecule has 2 nitrogen and oxygen atoms in total. The molecule has 0 radical (unpaired) electrons. The average Bonchev–Trinajstić information content (AvgIpc) is 1.38. The molecule has 0 aromatic rings. The van der Waals surface area contributed by atoms with Gasteiger partial charge in [0, 0.05) is 5.97 Å². The summed E-state index contributed by atoms with van der Waals surface area (Å²) in [5.41, 5.74) is 0. The van der Waals surface area contributed by atoms with Crippen molar-refractivity contribution >= 4 is 29.0 Å². The molecule has 0 aliphatic heterocycles. The molecule has 0 amide bonds.